The Kier molecular flexibility index (Phi) is 3.66. The van der Waals surface area contributed by atoms with Gasteiger partial charge in [0.15, 0.2) is 0 Å². The van der Waals surface area contributed by atoms with Crippen molar-refractivity contribution in [1.82, 2.24) is 15.2 Å². The maximum absolute atomic E-state index is 6.25. The van der Waals surface area contributed by atoms with E-state index in [0.717, 1.165) is 32.5 Å². The van der Waals surface area contributed by atoms with Crippen LogP contribution in [0.15, 0.2) is 11.6 Å². The van der Waals surface area contributed by atoms with Crippen LogP contribution in [0.2, 0.25) is 0 Å². The SMILES string of the molecule is CN1CCCC2(CC1)OCCNC2c1nccs1. The van der Waals surface area contributed by atoms with Crippen molar-refractivity contribution in [2.75, 3.05) is 33.3 Å². The molecule has 2 atom stereocenters. The van der Waals surface area contributed by atoms with E-state index in [1.165, 1.54) is 18.0 Å². The van der Waals surface area contributed by atoms with Crippen LogP contribution in [0.1, 0.15) is 30.3 Å². The first-order chi connectivity index (χ1) is 8.80. The van der Waals surface area contributed by atoms with Crippen LogP contribution in [-0.2, 0) is 4.74 Å². The van der Waals surface area contributed by atoms with Gasteiger partial charge >= 0.3 is 0 Å². The first kappa shape index (κ1) is 12.5. The van der Waals surface area contributed by atoms with Crippen LogP contribution in [0.4, 0.5) is 0 Å². The largest absolute Gasteiger partial charge is 0.372 e. The second kappa shape index (κ2) is 5.25. The lowest BCUT2D eigenvalue weighted by Gasteiger charge is -2.43. The van der Waals surface area contributed by atoms with E-state index in [4.69, 9.17) is 4.74 Å². The smallest absolute Gasteiger partial charge is 0.112 e. The van der Waals surface area contributed by atoms with Crippen LogP contribution in [0.5, 0.6) is 0 Å². The number of thiazole rings is 1. The predicted molar refractivity (Wildman–Crippen MR) is 72.9 cm³/mol. The summed E-state index contributed by atoms with van der Waals surface area (Å²) in [5, 5.41) is 6.87. The molecule has 1 aromatic rings. The molecule has 2 aliphatic rings. The molecule has 0 aromatic carbocycles. The molecule has 4 nitrogen and oxygen atoms in total. The van der Waals surface area contributed by atoms with Gasteiger partial charge in [0, 0.05) is 24.7 Å². The standard InChI is InChI=1S/C13H21N3OS/c1-16-7-2-3-13(4-8-16)11(14-5-9-17-13)12-15-6-10-18-12/h6,10-11,14H,2-5,7-9H2,1H3. The molecule has 0 amide bonds. The van der Waals surface area contributed by atoms with Crippen molar-refractivity contribution in [3.05, 3.63) is 16.6 Å². The summed E-state index contributed by atoms with van der Waals surface area (Å²) in [6.07, 6.45) is 5.34. The molecule has 0 radical (unpaired) electrons. The van der Waals surface area contributed by atoms with Gasteiger partial charge in [-0.2, -0.15) is 0 Å². The first-order valence-electron chi connectivity index (χ1n) is 6.75. The number of morpholine rings is 1. The molecule has 3 rings (SSSR count). The number of aromatic nitrogens is 1. The quantitative estimate of drug-likeness (QED) is 0.840. The zero-order valence-corrected chi connectivity index (χ0v) is 11.7. The Morgan fingerprint density at radius 1 is 1.50 bits per heavy atom. The predicted octanol–water partition coefficient (Wildman–Crippen LogP) is 1.66. The zero-order valence-electron chi connectivity index (χ0n) is 10.9. The Morgan fingerprint density at radius 2 is 2.44 bits per heavy atom. The second-order valence-electron chi connectivity index (χ2n) is 5.33. The normalized spacial score (nSPS) is 34.6. The summed E-state index contributed by atoms with van der Waals surface area (Å²) in [6.45, 7) is 4.05. The molecule has 0 bridgehead atoms. The summed E-state index contributed by atoms with van der Waals surface area (Å²) in [5.74, 6) is 0. The fourth-order valence-electron chi connectivity index (χ4n) is 3.11. The van der Waals surface area contributed by atoms with Crippen molar-refractivity contribution in [1.29, 1.82) is 0 Å². The lowest BCUT2D eigenvalue weighted by Crippen LogP contribution is -2.52. The van der Waals surface area contributed by atoms with E-state index < -0.39 is 0 Å². The van der Waals surface area contributed by atoms with E-state index in [9.17, 15) is 0 Å². The molecular weight excluding hydrogens is 246 g/mol. The molecule has 1 N–H and O–H groups in total. The third-order valence-corrected chi connectivity index (χ3v) is 4.96. The van der Waals surface area contributed by atoms with Gasteiger partial charge in [0.2, 0.25) is 0 Å². The highest BCUT2D eigenvalue weighted by Gasteiger charge is 2.44. The highest BCUT2D eigenvalue weighted by atomic mass is 32.1. The van der Waals surface area contributed by atoms with Gasteiger partial charge in [-0.05, 0) is 32.9 Å². The van der Waals surface area contributed by atoms with Crippen molar-refractivity contribution in [2.24, 2.45) is 0 Å². The fourth-order valence-corrected chi connectivity index (χ4v) is 3.93. The monoisotopic (exact) mass is 267 g/mol. The van der Waals surface area contributed by atoms with Crippen LogP contribution < -0.4 is 5.32 Å². The fraction of sp³-hybridized carbons (Fsp3) is 0.769. The molecule has 0 saturated carbocycles. The second-order valence-corrected chi connectivity index (χ2v) is 6.25. The molecule has 0 aliphatic carbocycles. The summed E-state index contributed by atoms with van der Waals surface area (Å²) in [6, 6.07) is 0.276. The maximum Gasteiger partial charge on any atom is 0.112 e. The van der Waals surface area contributed by atoms with Gasteiger partial charge in [-0.3, -0.25) is 0 Å². The highest BCUT2D eigenvalue weighted by Crippen LogP contribution is 2.40. The van der Waals surface area contributed by atoms with Gasteiger partial charge in [-0.1, -0.05) is 0 Å². The van der Waals surface area contributed by atoms with Crippen molar-refractivity contribution in [2.45, 2.75) is 30.9 Å². The molecule has 2 aliphatic heterocycles. The molecule has 100 valence electrons. The summed E-state index contributed by atoms with van der Waals surface area (Å²) in [5.41, 5.74) is -0.0408. The Labute approximate surface area is 112 Å². The molecule has 2 unspecified atom stereocenters. The van der Waals surface area contributed by atoms with Crippen molar-refractivity contribution in [3.63, 3.8) is 0 Å². The third kappa shape index (κ3) is 2.32. The Bertz CT molecular complexity index is 384. The van der Waals surface area contributed by atoms with E-state index >= 15 is 0 Å². The van der Waals surface area contributed by atoms with Gasteiger partial charge in [0.1, 0.15) is 5.01 Å². The van der Waals surface area contributed by atoms with Gasteiger partial charge in [0.25, 0.3) is 0 Å². The lowest BCUT2D eigenvalue weighted by atomic mass is 9.85. The van der Waals surface area contributed by atoms with Crippen molar-refractivity contribution < 1.29 is 4.74 Å². The van der Waals surface area contributed by atoms with E-state index in [1.807, 2.05) is 6.20 Å². The number of hydrogen-bond donors (Lipinski definition) is 1. The molecule has 1 aromatic heterocycles. The topological polar surface area (TPSA) is 37.4 Å². The molecule has 2 saturated heterocycles. The van der Waals surface area contributed by atoms with Crippen LogP contribution in [0.3, 0.4) is 0 Å². The number of hydrogen-bond acceptors (Lipinski definition) is 5. The number of ether oxygens (including phenoxy) is 1. The van der Waals surface area contributed by atoms with Gasteiger partial charge in [-0.15, -0.1) is 11.3 Å². The minimum Gasteiger partial charge on any atom is -0.372 e. The van der Waals surface area contributed by atoms with Crippen LogP contribution >= 0.6 is 11.3 Å². The van der Waals surface area contributed by atoms with E-state index in [-0.39, 0.29) is 11.6 Å². The Balaban J connectivity index is 1.86. The average molecular weight is 267 g/mol. The minimum absolute atomic E-state index is 0.0408. The number of nitrogens with zero attached hydrogens (tertiary/aromatic N) is 2. The molecule has 1 spiro atoms. The van der Waals surface area contributed by atoms with Crippen LogP contribution in [0.25, 0.3) is 0 Å². The van der Waals surface area contributed by atoms with Gasteiger partial charge < -0.3 is 15.0 Å². The van der Waals surface area contributed by atoms with Crippen LogP contribution in [-0.4, -0.2) is 48.8 Å². The van der Waals surface area contributed by atoms with E-state index in [0.29, 0.717) is 0 Å². The molecular formula is C13H21N3OS. The minimum atomic E-state index is -0.0408. The van der Waals surface area contributed by atoms with Crippen LogP contribution in [0, 0.1) is 0 Å². The van der Waals surface area contributed by atoms with E-state index in [2.05, 4.69) is 27.6 Å². The van der Waals surface area contributed by atoms with Gasteiger partial charge in [-0.25, -0.2) is 4.98 Å². The summed E-state index contributed by atoms with van der Waals surface area (Å²) < 4.78 is 6.25. The molecule has 3 heterocycles. The van der Waals surface area contributed by atoms with Crippen molar-refractivity contribution in [3.8, 4) is 0 Å². The summed E-state index contributed by atoms with van der Waals surface area (Å²) in [7, 11) is 2.20. The third-order valence-electron chi connectivity index (χ3n) is 4.12. The number of likely N-dealkylation sites (tertiary alicyclic amines) is 1. The highest BCUT2D eigenvalue weighted by molar-refractivity contribution is 7.09. The zero-order chi connectivity index (χ0) is 12.4. The van der Waals surface area contributed by atoms with Crippen molar-refractivity contribution >= 4 is 11.3 Å². The number of nitrogens with one attached hydrogen (secondary N) is 1. The molecule has 2 fully saturated rings. The summed E-state index contributed by atoms with van der Waals surface area (Å²) >= 11 is 1.74. The average Bonchev–Trinajstić information content (AvgIpc) is 2.84. The first-order valence-corrected chi connectivity index (χ1v) is 7.63. The lowest BCUT2D eigenvalue weighted by molar-refractivity contribution is -0.106. The molecule has 5 heteroatoms. The van der Waals surface area contributed by atoms with Gasteiger partial charge in [0.05, 0.1) is 18.2 Å². The Hall–Kier alpha value is -0.490. The number of rotatable bonds is 1. The maximum atomic E-state index is 6.25. The van der Waals surface area contributed by atoms with E-state index in [1.54, 1.807) is 11.3 Å². The molecule has 18 heavy (non-hydrogen) atoms. The summed E-state index contributed by atoms with van der Waals surface area (Å²) in [4.78, 5) is 6.91. The Morgan fingerprint density at radius 3 is 3.28 bits per heavy atom.